The highest BCUT2D eigenvalue weighted by Crippen LogP contribution is 3.02. The summed E-state index contributed by atoms with van der Waals surface area (Å²) in [6.45, 7) is 1.54. The van der Waals surface area contributed by atoms with Gasteiger partial charge in [0.25, 0.3) is 6.29 Å². The Morgan fingerprint density at radius 1 is 1.31 bits per heavy atom. The Morgan fingerprint density at radius 3 is 2.42 bits per heavy atom. The molecule has 0 aromatic heterocycles. The van der Waals surface area contributed by atoms with Crippen LogP contribution < -0.4 is 4.74 Å². The second-order valence-electron chi connectivity index (χ2n) is 7.48. The first-order valence-electron chi connectivity index (χ1n) is 9.90. The smallest absolute Gasteiger partial charge is 0.430 e. The lowest BCUT2D eigenvalue weighted by Crippen LogP contribution is -2.41. The van der Waals surface area contributed by atoms with Crippen molar-refractivity contribution in [2.45, 2.75) is 43.7 Å². The van der Waals surface area contributed by atoms with Crippen LogP contribution in [-0.4, -0.2) is 59.8 Å². The lowest BCUT2D eigenvalue weighted by atomic mass is 9.98. The van der Waals surface area contributed by atoms with Crippen LogP contribution in [0.3, 0.4) is 0 Å². The SMILES string of the molecule is CCc1cc(S(F)(F)(F)(F)F)cc2c1O[C@H](C(F)(F)F)C(C(=O)OC(C)O/N=[N+](\[O-])N(C)CCO)=C2. The zero-order chi connectivity index (χ0) is 27.8. The maximum absolute atomic E-state index is 13.6. The number of ether oxygens (including phenoxy) is 2. The highest BCUT2D eigenvalue weighted by molar-refractivity contribution is 8.45. The number of rotatable bonds is 9. The van der Waals surface area contributed by atoms with Crippen molar-refractivity contribution in [2.24, 2.45) is 5.28 Å². The number of nitrogens with zero attached hydrogens (tertiary/aromatic N) is 3. The molecule has 1 aromatic carbocycles. The highest BCUT2D eigenvalue weighted by atomic mass is 32.5. The van der Waals surface area contributed by atoms with Crippen LogP contribution in [0.2, 0.25) is 0 Å². The Balaban J connectivity index is 2.47. The highest BCUT2D eigenvalue weighted by Gasteiger charge is 2.66. The fourth-order valence-corrected chi connectivity index (χ4v) is 3.61. The van der Waals surface area contributed by atoms with Crippen molar-refractivity contribution in [1.29, 1.82) is 0 Å². The average molecular weight is 559 g/mol. The van der Waals surface area contributed by atoms with E-state index in [2.05, 4.69) is 14.9 Å². The molecule has 0 radical (unpaired) electrons. The third-order valence-corrected chi connectivity index (χ3v) is 5.74. The van der Waals surface area contributed by atoms with Gasteiger partial charge in [-0.1, -0.05) is 26.4 Å². The van der Waals surface area contributed by atoms with Gasteiger partial charge in [0.1, 0.15) is 10.6 Å². The number of carbonyl (C=O) groups excluding carboxylic acids is 1. The molecule has 0 bridgehead atoms. The number of aryl methyl sites for hydroxylation is 1. The van der Waals surface area contributed by atoms with Gasteiger partial charge in [0.05, 0.1) is 30.7 Å². The number of fused-ring (bicyclic) bond motifs is 1. The van der Waals surface area contributed by atoms with Crippen molar-refractivity contribution < 1.29 is 61.8 Å². The van der Waals surface area contributed by atoms with Crippen molar-refractivity contribution in [3.63, 3.8) is 0 Å². The normalized spacial score (nSPS) is 19.2. The number of alkyl halides is 3. The number of benzene rings is 1. The fourth-order valence-electron chi connectivity index (χ4n) is 2.89. The number of hydrogen-bond acceptors (Lipinski definition) is 7. The van der Waals surface area contributed by atoms with Crippen molar-refractivity contribution in [1.82, 2.24) is 5.01 Å². The van der Waals surface area contributed by atoms with E-state index < -0.39 is 75.1 Å². The van der Waals surface area contributed by atoms with Crippen LogP contribution in [0.25, 0.3) is 6.08 Å². The minimum Gasteiger partial charge on any atom is -0.569 e. The van der Waals surface area contributed by atoms with E-state index in [9.17, 15) is 42.6 Å². The average Bonchev–Trinajstić information content (AvgIpc) is 2.73. The summed E-state index contributed by atoms with van der Waals surface area (Å²) in [5, 5.41) is 24.0. The minimum absolute atomic E-state index is 0.00484. The van der Waals surface area contributed by atoms with E-state index in [1.165, 1.54) is 14.0 Å². The van der Waals surface area contributed by atoms with Crippen LogP contribution in [0.15, 0.2) is 27.9 Å². The summed E-state index contributed by atoms with van der Waals surface area (Å²) in [4.78, 5) is 14.4. The standard InChI is InChI=1S/C18H21F8N3O6S/c1-4-11-7-13(36(22,23,24,25)26)8-12-9-14(16(18(19,20)21)34-15(11)12)17(31)33-10(2)35-27-29(32)28(3)5-6-30/h7-10,16,30H,4-6H2,1-3H3/b29-27-/t10?,16-/m0/s1. The summed E-state index contributed by atoms with van der Waals surface area (Å²) in [5.41, 5.74) is -2.80. The van der Waals surface area contributed by atoms with Crippen LogP contribution in [0.4, 0.5) is 32.6 Å². The van der Waals surface area contributed by atoms with Gasteiger partial charge in [0.2, 0.25) is 11.4 Å². The number of esters is 1. The second-order valence-corrected chi connectivity index (χ2v) is 9.89. The molecule has 0 aliphatic carbocycles. The predicted molar refractivity (Wildman–Crippen MR) is 108 cm³/mol. The van der Waals surface area contributed by atoms with Gasteiger partial charge in [0.15, 0.2) is 0 Å². The maximum atomic E-state index is 13.6. The zero-order valence-corrected chi connectivity index (χ0v) is 19.6. The third-order valence-electron chi connectivity index (χ3n) is 4.61. The number of aliphatic hydroxyl groups is 1. The predicted octanol–water partition coefficient (Wildman–Crippen LogP) is 5.24. The van der Waals surface area contributed by atoms with E-state index in [4.69, 9.17) is 9.84 Å². The number of halogens is 8. The molecule has 0 saturated carbocycles. The first-order chi connectivity index (χ1) is 16.2. The van der Waals surface area contributed by atoms with Gasteiger partial charge in [-0.15, -0.1) is 5.01 Å². The number of hydrogen-bond donors (Lipinski definition) is 1. The molecule has 18 heteroatoms. The van der Waals surface area contributed by atoms with Gasteiger partial charge < -0.3 is 19.8 Å². The minimum atomic E-state index is -10.2. The Hall–Kier alpha value is -3.02. The van der Waals surface area contributed by atoms with Gasteiger partial charge in [-0.2, -0.15) is 13.2 Å². The molecule has 0 amide bonds. The Bertz CT molecular complexity index is 1080. The molecule has 1 aromatic rings. The van der Waals surface area contributed by atoms with E-state index in [1.807, 2.05) is 0 Å². The Labute approximate surface area is 198 Å². The molecule has 1 aliphatic heterocycles. The lowest BCUT2D eigenvalue weighted by Gasteiger charge is -2.41. The summed E-state index contributed by atoms with van der Waals surface area (Å²) in [5.74, 6) is -2.54. The fraction of sp³-hybridized carbons (Fsp3) is 0.500. The molecule has 1 N–H and O–H groups in total. The molecule has 0 spiro atoms. The third kappa shape index (κ3) is 7.02. The van der Waals surface area contributed by atoms with E-state index >= 15 is 0 Å². The molecule has 1 unspecified atom stereocenters. The Morgan fingerprint density at radius 2 is 1.92 bits per heavy atom. The van der Waals surface area contributed by atoms with Gasteiger partial charge in [-0.05, 0) is 30.2 Å². The maximum Gasteiger partial charge on any atom is 0.430 e. The summed E-state index contributed by atoms with van der Waals surface area (Å²) < 4.78 is 117. The van der Waals surface area contributed by atoms with Crippen molar-refractivity contribution in [3.8, 4) is 5.75 Å². The van der Waals surface area contributed by atoms with Gasteiger partial charge in [0, 0.05) is 12.5 Å². The molecule has 2 atom stereocenters. The quantitative estimate of drug-likeness (QED) is 0.110. The topological polar surface area (TPSA) is 107 Å². The molecular weight excluding hydrogens is 538 g/mol. The number of likely N-dealkylation sites (N-methyl/N-ethyl adjacent to an activating group) is 1. The van der Waals surface area contributed by atoms with Crippen LogP contribution in [0.5, 0.6) is 5.75 Å². The largest absolute Gasteiger partial charge is 0.569 e. The zero-order valence-electron chi connectivity index (χ0n) is 18.8. The van der Waals surface area contributed by atoms with Crippen molar-refractivity contribution in [2.75, 3.05) is 20.2 Å². The summed E-state index contributed by atoms with van der Waals surface area (Å²) in [6, 6.07) is -0.109. The summed E-state index contributed by atoms with van der Waals surface area (Å²) in [7, 11) is -9.05. The van der Waals surface area contributed by atoms with E-state index in [1.54, 1.807) is 0 Å². The number of aliphatic hydroxyl groups excluding tert-OH is 1. The molecule has 9 nitrogen and oxygen atoms in total. The first-order valence-corrected chi connectivity index (χ1v) is 11.9. The van der Waals surface area contributed by atoms with Crippen molar-refractivity contribution >= 4 is 22.3 Å². The van der Waals surface area contributed by atoms with Gasteiger partial charge >= 0.3 is 22.4 Å². The van der Waals surface area contributed by atoms with Crippen LogP contribution >= 0.6 is 10.2 Å². The molecule has 2 rings (SSSR count). The van der Waals surface area contributed by atoms with E-state index in [0.717, 1.165) is 11.9 Å². The molecule has 0 saturated heterocycles. The molecule has 1 aliphatic rings. The number of hydrazine groups is 1. The van der Waals surface area contributed by atoms with Crippen molar-refractivity contribution in [3.05, 3.63) is 34.0 Å². The van der Waals surface area contributed by atoms with Crippen LogP contribution in [0.1, 0.15) is 25.0 Å². The van der Waals surface area contributed by atoms with E-state index in [-0.39, 0.29) is 23.6 Å². The van der Waals surface area contributed by atoms with Gasteiger partial charge in [-0.3, -0.25) is 4.84 Å². The molecule has 36 heavy (non-hydrogen) atoms. The molecule has 0 fully saturated rings. The van der Waals surface area contributed by atoms with Crippen LogP contribution in [-0.2, 0) is 20.8 Å². The molecular formula is C18H21F8N3O6S. The summed E-state index contributed by atoms with van der Waals surface area (Å²) in [6.07, 6.45) is -10.1. The monoisotopic (exact) mass is 559 g/mol. The van der Waals surface area contributed by atoms with Crippen LogP contribution in [0, 0.1) is 5.21 Å². The first kappa shape index (κ1) is 29.2. The molecule has 1 heterocycles. The lowest BCUT2D eigenvalue weighted by molar-refractivity contribution is -0.707. The van der Waals surface area contributed by atoms with E-state index in [0.29, 0.717) is 6.08 Å². The summed E-state index contributed by atoms with van der Waals surface area (Å²) >= 11 is 0. The number of carbonyl (C=O) groups is 1. The molecule has 206 valence electrons. The Kier molecular flexibility index (Phi) is 7.41. The second kappa shape index (κ2) is 9.13. The van der Waals surface area contributed by atoms with Gasteiger partial charge in [-0.25, -0.2) is 4.79 Å².